The zero-order valence-corrected chi connectivity index (χ0v) is 10.7. The highest BCUT2D eigenvalue weighted by Gasteiger charge is 2.18. The summed E-state index contributed by atoms with van der Waals surface area (Å²) in [6, 6.07) is 8.96. The van der Waals surface area contributed by atoms with Crippen LogP contribution in [-0.4, -0.2) is 14.9 Å². The molecule has 4 nitrogen and oxygen atoms in total. The van der Waals surface area contributed by atoms with Crippen LogP contribution < -0.4 is 0 Å². The van der Waals surface area contributed by atoms with Gasteiger partial charge in [-0.2, -0.15) is 10.4 Å². The van der Waals surface area contributed by atoms with Crippen LogP contribution in [0.5, 0.6) is 0 Å². The van der Waals surface area contributed by atoms with E-state index in [0.29, 0.717) is 16.8 Å². The molecule has 0 fully saturated rings. The molecule has 2 aromatic rings. The van der Waals surface area contributed by atoms with E-state index in [0.717, 1.165) is 4.47 Å². The summed E-state index contributed by atoms with van der Waals surface area (Å²) in [7, 11) is 1.76. The van der Waals surface area contributed by atoms with Gasteiger partial charge in [0.25, 0.3) is 0 Å². The average Bonchev–Trinajstić information content (AvgIpc) is 2.68. The Kier molecular flexibility index (Phi) is 3.27. The molecule has 0 aliphatic rings. The van der Waals surface area contributed by atoms with Crippen LogP contribution in [0.1, 0.15) is 22.9 Å². The predicted molar refractivity (Wildman–Crippen MR) is 66.1 cm³/mol. The van der Waals surface area contributed by atoms with Crippen molar-refractivity contribution in [2.24, 2.45) is 7.05 Å². The lowest BCUT2D eigenvalue weighted by Crippen LogP contribution is -2.07. The molecule has 0 saturated carbocycles. The van der Waals surface area contributed by atoms with Crippen LogP contribution in [0.3, 0.4) is 0 Å². The first-order chi connectivity index (χ1) is 8.13. The number of aliphatic hydroxyl groups is 1. The second-order valence-corrected chi connectivity index (χ2v) is 4.50. The number of hydrogen-bond donors (Lipinski definition) is 1. The first-order valence-corrected chi connectivity index (χ1v) is 5.78. The lowest BCUT2D eigenvalue weighted by Gasteiger charge is -2.12. The smallest absolute Gasteiger partial charge is 0.122 e. The third-order valence-corrected chi connectivity index (χ3v) is 3.14. The van der Waals surface area contributed by atoms with Crippen molar-refractivity contribution in [3.05, 3.63) is 51.8 Å². The molecular weight excluding hydrogens is 282 g/mol. The molecule has 5 heteroatoms. The minimum atomic E-state index is -0.801. The van der Waals surface area contributed by atoms with Gasteiger partial charge in [0, 0.05) is 7.05 Å². The van der Waals surface area contributed by atoms with Gasteiger partial charge in [-0.1, -0.05) is 12.1 Å². The van der Waals surface area contributed by atoms with E-state index < -0.39 is 6.10 Å². The molecule has 0 aliphatic heterocycles. The van der Waals surface area contributed by atoms with Crippen molar-refractivity contribution in [1.82, 2.24) is 9.78 Å². The molecule has 1 heterocycles. The second kappa shape index (κ2) is 4.70. The monoisotopic (exact) mass is 291 g/mol. The molecule has 1 N–H and O–H groups in total. The van der Waals surface area contributed by atoms with E-state index in [2.05, 4.69) is 27.1 Å². The van der Waals surface area contributed by atoms with Crippen LogP contribution in [-0.2, 0) is 7.05 Å². The van der Waals surface area contributed by atoms with Crippen molar-refractivity contribution in [3.63, 3.8) is 0 Å². The number of aliphatic hydroxyl groups excluding tert-OH is 1. The molecule has 0 aliphatic carbocycles. The highest BCUT2D eigenvalue weighted by molar-refractivity contribution is 9.10. The zero-order valence-electron chi connectivity index (χ0n) is 9.13. The summed E-state index contributed by atoms with van der Waals surface area (Å²) in [6.07, 6.45) is 0.831. The Bertz CT molecular complexity index is 566. The number of halogens is 1. The molecule has 86 valence electrons. The summed E-state index contributed by atoms with van der Waals surface area (Å²) in [5, 5.41) is 23.1. The molecule has 1 atom stereocenters. The van der Waals surface area contributed by atoms with Gasteiger partial charge in [-0.15, -0.1) is 0 Å². The van der Waals surface area contributed by atoms with Crippen LogP contribution in [0, 0.1) is 11.3 Å². The van der Waals surface area contributed by atoms with Crippen LogP contribution in [0.4, 0.5) is 0 Å². The molecule has 0 spiro atoms. The second-order valence-electron chi connectivity index (χ2n) is 3.64. The molecule has 1 unspecified atom stereocenters. The largest absolute Gasteiger partial charge is 0.382 e. The number of rotatable bonds is 2. The van der Waals surface area contributed by atoms with Gasteiger partial charge in [-0.3, -0.25) is 4.68 Å². The summed E-state index contributed by atoms with van der Waals surface area (Å²) in [6.45, 7) is 0. The van der Waals surface area contributed by atoms with Gasteiger partial charge in [-0.25, -0.2) is 0 Å². The molecule has 17 heavy (non-hydrogen) atoms. The topological polar surface area (TPSA) is 61.8 Å². The van der Waals surface area contributed by atoms with Gasteiger partial charge in [0.1, 0.15) is 6.10 Å². The number of nitriles is 1. The van der Waals surface area contributed by atoms with Crippen molar-refractivity contribution in [3.8, 4) is 6.07 Å². The number of hydrogen-bond acceptors (Lipinski definition) is 3. The molecule has 0 bridgehead atoms. The van der Waals surface area contributed by atoms with Crippen LogP contribution in [0.2, 0.25) is 0 Å². The van der Waals surface area contributed by atoms with E-state index in [-0.39, 0.29) is 0 Å². The SMILES string of the molecule is Cn1ncc(Br)c1C(O)c1cccc(C#N)c1. The van der Waals surface area contributed by atoms with Crippen molar-refractivity contribution >= 4 is 15.9 Å². The maximum absolute atomic E-state index is 10.3. The molecule has 0 radical (unpaired) electrons. The lowest BCUT2D eigenvalue weighted by molar-refractivity contribution is 0.209. The molecule has 2 rings (SSSR count). The Balaban J connectivity index is 2.44. The Morgan fingerprint density at radius 1 is 1.53 bits per heavy atom. The molecule has 1 aromatic heterocycles. The fourth-order valence-electron chi connectivity index (χ4n) is 1.66. The zero-order chi connectivity index (χ0) is 12.4. The Morgan fingerprint density at radius 3 is 2.88 bits per heavy atom. The van der Waals surface area contributed by atoms with E-state index in [1.54, 1.807) is 42.2 Å². The highest BCUT2D eigenvalue weighted by atomic mass is 79.9. The maximum atomic E-state index is 10.3. The standard InChI is InChI=1S/C12H10BrN3O/c1-16-11(10(13)7-15-16)12(17)9-4-2-3-8(5-9)6-14/h2-5,7,12,17H,1H3. The normalized spacial score (nSPS) is 12.1. The van der Waals surface area contributed by atoms with Crippen LogP contribution >= 0.6 is 15.9 Å². The van der Waals surface area contributed by atoms with Crippen molar-refractivity contribution in [2.75, 3.05) is 0 Å². The van der Waals surface area contributed by atoms with Crippen LogP contribution in [0.15, 0.2) is 34.9 Å². The van der Waals surface area contributed by atoms with E-state index in [9.17, 15) is 5.11 Å². The van der Waals surface area contributed by atoms with Gasteiger partial charge in [0.2, 0.25) is 0 Å². The van der Waals surface area contributed by atoms with E-state index in [1.807, 2.05) is 0 Å². The van der Waals surface area contributed by atoms with Gasteiger partial charge >= 0.3 is 0 Å². The summed E-state index contributed by atoms with van der Waals surface area (Å²) >= 11 is 3.34. The third-order valence-electron chi connectivity index (χ3n) is 2.53. The molecule has 0 amide bonds. The minimum absolute atomic E-state index is 0.528. The highest BCUT2D eigenvalue weighted by Crippen LogP contribution is 2.28. The first-order valence-electron chi connectivity index (χ1n) is 4.99. The maximum Gasteiger partial charge on any atom is 0.122 e. The van der Waals surface area contributed by atoms with Crippen molar-refractivity contribution in [2.45, 2.75) is 6.10 Å². The third kappa shape index (κ3) is 2.23. The van der Waals surface area contributed by atoms with E-state index >= 15 is 0 Å². The van der Waals surface area contributed by atoms with Crippen molar-refractivity contribution < 1.29 is 5.11 Å². The van der Waals surface area contributed by atoms with Crippen LogP contribution in [0.25, 0.3) is 0 Å². The molecular formula is C12H10BrN3O. The number of aryl methyl sites for hydroxylation is 1. The van der Waals surface area contributed by atoms with Crippen molar-refractivity contribution in [1.29, 1.82) is 5.26 Å². The molecule has 0 saturated heterocycles. The summed E-state index contributed by atoms with van der Waals surface area (Å²) in [5.41, 5.74) is 1.87. The van der Waals surface area contributed by atoms with E-state index in [1.165, 1.54) is 0 Å². The fourth-order valence-corrected chi connectivity index (χ4v) is 2.23. The molecule has 1 aromatic carbocycles. The Hall–Kier alpha value is -1.64. The number of nitrogens with zero attached hydrogens (tertiary/aromatic N) is 3. The predicted octanol–water partition coefficient (Wildman–Crippen LogP) is 2.14. The fraction of sp³-hybridized carbons (Fsp3) is 0.167. The summed E-state index contributed by atoms with van der Waals surface area (Å²) < 4.78 is 2.35. The Morgan fingerprint density at radius 2 is 2.29 bits per heavy atom. The Labute approximate surface area is 107 Å². The first kappa shape index (κ1) is 11.8. The van der Waals surface area contributed by atoms with E-state index in [4.69, 9.17) is 5.26 Å². The lowest BCUT2D eigenvalue weighted by atomic mass is 10.0. The summed E-state index contributed by atoms with van der Waals surface area (Å²) in [4.78, 5) is 0. The van der Waals surface area contributed by atoms with Gasteiger partial charge < -0.3 is 5.11 Å². The van der Waals surface area contributed by atoms with Gasteiger partial charge in [-0.05, 0) is 33.6 Å². The minimum Gasteiger partial charge on any atom is -0.382 e. The van der Waals surface area contributed by atoms with Gasteiger partial charge in [0.05, 0.1) is 28.0 Å². The van der Waals surface area contributed by atoms with Gasteiger partial charge in [0.15, 0.2) is 0 Å². The number of benzene rings is 1. The average molecular weight is 292 g/mol. The number of aromatic nitrogens is 2. The quantitative estimate of drug-likeness (QED) is 0.922. The summed E-state index contributed by atoms with van der Waals surface area (Å²) in [5.74, 6) is 0.